The molecule has 1 aromatic carbocycles. The van der Waals surface area contributed by atoms with E-state index in [1.165, 1.54) is 12.1 Å². The molecule has 0 saturated carbocycles. The normalized spacial score (nSPS) is 11.7. The first-order valence-electron chi connectivity index (χ1n) is 7.04. The number of hydrogen-bond acceptors (Lipinski definition) is 6. The van der Waals surface area contributed by atoms with E-state index in [0.29, 0.717) is 22.8 Å². The molecule has 3 rings (SSSR count). The van der Waals surface area contributed by atoms with E-state index < -0.39 is 5.97 Å². The van der Waals surface area contributed by atoms with Gasteiger partial charge in [0.25, 0.3) is 11.8 Å². The lowest BCUT2D eigenvalue weighted by atomic mass is 10.1. The molecule has 122 valence electrons. The quantitative estimate of drug-likeness (QED) is 0.723. The van der Waals surface area contributed by atoms with Gasteiger partial charge in [-0.1, -0.05) is 35.9 Å². The first-order valence-corrected chi connectivity index (χ1v) is 7.41. The van der Waals surface area contributed by atoms with Crippen molar-refractivity contribution in [3.8, 4) is 11.5 Å². The molecule has 0 aliphatic carbocycles. The molecule has 0 aliphatic rings. The fraction of sp³-hybridized carbons (Fsp3) is 0.118. The maximum absolute atomic E-state index is 10.7. The summed E-state index contributed by atoms with van der Waals surface area (Å²) in [4.78, 5) is 10.7. The molecule has 2 heterocycles. The molecule has 0 unspecified atom stereocenters. The molecule has 2 aromatic heterocycles. The van der Waals surface area contributed by atoms with Crippen LogP contribution in [0.25, 0.3) is 22.6 Å². The van der Waals surface area contributed by atoms with Gasteiger partial charge in [-0.25, -0.2) is 0 Å². The minimum absolute atomic E-state index is 0.0918. The summed E-state index contributed by atoms with van der Waals surface area (Å²) in [5, 5.41) is 18.9. The predicted molar refractivity (Wildman–Crippen MR) is 86.0 cm³/mol. The van der Waals surface area contributed by atoms with Gasteiger partial charge < -0.3 is 18.7 Å². The van der Waals surface area contributed by atoms with E-state index in [0.717, 1.165) is 5.76 Å². The Morgan fingerprint density at radius 1 is 1.17 bits per heavy atom. The highest BCUT2D eigenvalue weighted by molar-refractivity contribution is 6.50. The number of aryl methyl sites for hydroxylation is 2. The maximum atomic E-state index is 10.7. The highest BCUT2D eigenvalue weighted by Gasteiger charge is 2.16. The SMILES string of the molecule is Cc1cc(-c2nnc(/C(Cl)=C/c3ccc(C(=O)[O-])cc3)o2)c(C)o1. The zero-order chi connectivity index (χ0) is 17.3. The number of carbonyl (C=O) groups excluding carboxylic acids is 1. The van der Waals surface area contributed by atoms with Crippen LogP contribution in [0.3, 0.4) is 0 Å². The average Bonchev–Trinajstić information content (AvgIpc) is 3.14. The zero-order valence-corrected chi connectivity index (χ0v) is 13.6. The van der Waals surface area contributed by atoms with E-state index in [2.05, 4.69) is 10.2 Å². The van der Waals surface area contributed by atoms with Crippen LogP contribution in [0.4, 0.5) is 0 Å². The van der Waals surface area contributed by atoms with Crippen LogP contribution in [0.15, 0.2) is 39.2 Å². The van der Waals surface area contributed by atoms with Gasteiger partial charge in [0.2, 0.25) is 0 Å². The Morgan fingerprint density at radius 2 is 1.88 bits per heavy atom. The summed E-state index contributed by atoms with van der Waals surface area (Å²) in [5.74, 6) is 0.675. The molecule has 0 spiro atoms. The molecule has 0 radical (unpaired) electrons. The fourth-order valence-corrected chi connectivity index (χ4v) is 2.40. The van der Waals surface area contributed by atoms with E-state index in [-0.39, 0.29) is 16.5 Å². The minimum atomic E-state index is -1.23. The Balaban J connectivity index is 1.86. The van der Waals surface area contributed by atoms with Crippen LogP contribution in [-0.4, -0.2) is 16.2 Å². The molecule has 0 bridgehead atoms. The van der Waals surface area contributed by atoms with Gasteiger partial charge in [0.05, 0.1) is 11.5 Å². The summed E-state index contributed by atoms with van der Waals surface area (Å²) in [7, 11) is 0. The second-order valence-electron chi connectivity index (χ2n) is 5.14. The molecule has 0 fully saturated rings. The van der Waals surface area contributed by atoms with Crippen molar-refractivity contribution in [2.24, 2.45) is 0 Å². The first-order chi connectivity index (χ1) is 11.4. The molecule has 6 nitrogen and oxygen atoms in total. The number of halogens is 1. The number of hydrogen-bond donors (Lipinski definition) is 0. The van der Waals surface area contributed by atoms with Crippen LogP contribution in [-0.2, 0) is 0 Å². The number of aromatic nitrogens is 2. The van der Waals surface area contributed by atoms with Crippen molar-refractivity contribution in [1.29, 1.82) is 0 Å². The van der Waals surface area contributed by atoms with Crippen LogP contribution in [0, 0.1) is 13.8 Å². The average molecular weight is 344 g/mol. The molecular weight excluding hydrogens is 332 g/mol. The number of nitrogens with zero attached hydrogens (tertiary/aromatic N) is 2. The summed E-state index contributed by atoms with van der Waals surface area (Å²) in [6.45, 7) is 3.64. The highest BCUT2D eigenvalue weighted by Crippen LogP contribution is 2.28. The van der Waals surface area contributed by atoms with Crippen molar-refractivity contribution in [1.82, 2.24) is 10.2 Å². The van der Waals surface area contributed by atoms with Gasteiger partial charge in [-0.2, -0.15) is 0 Å². The van der Waals surface area contributed by atoms with Crippen molar-refractivity contribution in [3.63, 3.8) is 0 Å². The maximum Gasteiger partial charge on any atom is 0.259 e. The number of rotatable bonds is 4. The largest absolute Gasteiger partial charge is 0.545 e. The number of carbonyl (C=O) groups is 1. The number of furan rings is 1. The van der Waals surface area contributed by atoms with E-state index in [1.807, 2.05) is 19.9 Å². The van der Waals surface area contributed by atoms with Gasteiger partial charge in [0.15, 0.2) is 0 Å². The first kappa shape index (κ1) is 16.0. The van der Waals surface area contributed by atoms with E-state index >= 15 is 0 Å². The number of benzene rings is 1. The molecule has 0 saturated heterocycles. The molecule has 0 atom stereocenters. The van der Waals surface area contributed by atoms with Gasteiger partial charge in [-0.15, -0.1) is 10.2 Å². The Morgan fingerprint density at radius 3 is 2.46 bits per heavy atom. The Kier molecular flexibility index (Phi) is 4.22. The van der Waals surface area contributed by atoms with Crippen molar-refractivity contribution in [2.45, 2.75) is 13.8 Å². The van der Waals surface area contributed by atoms with E-state index in [4.69, 9.17) is 20.4 Å². The fourth-order valence-electron chi connectivity index (χ4n) is 2.20. The lowest BCUT2D eigenvalue weighted by Crippen LogP contribution is -2.21. The molecule has 24 heavy (non-hydrogen) atoms. The van der Waals surface area contributed by atoms with Gasteiger partial charge in [-0.05, 0) is 37.1 Å². The molecule has 7 heteroatoms. The number of aromatic carboxylic acids is 1. The topological polar surface area (TPSA) is 92.2 Å². The summed E-state index contributed by atoms with van der Waals surface area (Å²) >= 11 is 6.20. The van der Waals surface area contributed by atoms with Crippen molar-refractivity contribution in [3.05, 3.63) is 58.9 Å². The van der Waals surface area contributed by atoms with Crippen LogP contribution < -0.4 is 5.11 Å². The van der Waals surface area contributed by atoms with Gasteiger partial charge in [-0.3, -0.25) is 0 Å². The summed E-state index contributed by atoms with van der Waals surface area (Å²) in [5.41, 5.74) is 1.50. The third-order valence-corrected chi connectivity index (χ3v) is 3.61. The number of carboxylic acids is 1. The second kappa shape index (κ2) is 6.33. The van der Waals surface area contributed by atoms with E-state index in [9.17, 15) is 9.90 Å². The van der Waals surface area contributed by atoms with Gasteiger partial charge in [0, 0.05) is 0 Å². The lowest BCUT2D eigenvalue weighted by molar-refractivity contribution is -0.255. The third-order valence-electron chi connectivity index (χ3n) is 3.34. The molecule has 0 amide bonds. The minimum Gasteiger partial charge on any atom is -0.545 e. The Bertz CT molecular complexity index is 922. The lowest BCUT2D eigenvalue weighted by Gasteiger charge is -2.01. The third kappa shape index (κ3) is 3.23. The van der Waals surface area contributed by atoms with Crippen molar-refractivity contribution in [2.75, 3.05) is 0 Å². The van der Waals surface area contributed by atoms with Crippen LogP contribution in [0.1, 0.15) is 33.3 Å². The van der Waals surface area contributed by atoms with Gasteiger partial charge >= 0.3 is 0 Å². The standard InChI is InChI=1S/C17H13ClN2O4/c1-9-7-13(10(2)23-9)15-19-20-16(24-15)14(18)8-11-3-5-12(6-4-11)17(21)22/h3-8H,1-2H3,(H,21,22)/p-1/b14-8-. The summed E-state index contributed by atoms with van der Waals surface area (Å²) in [6.07, 6.45) is 1.60. The Labute approximate surface area is 142 Å². The van der Waals surface area contributed by atoms with E-state index in [1.54, 1.807) is 18.2 Å². The monoisotopic (exact) mass is 343 g/mol. The van der Waals surface area contributed by atoms with Crippen LogP contribution >= 0.6 is 11.6 Å². The molecular formula is C17H12ClN2O4-. The smallest absolute Gasteiger partial charge is 0.259 e. The number of carboxylic acid groups (broad SMARTS) is 1. The van der Waals surface area contributed by atoms with Crippen LogP contribution in [0.5, 0.6) is 0 Å². The summed E-state index contributed by atoms with van der Waals surface area (Å²) in [6, 6.07) is 7.88. The molecule has 3 aromatic rings. The van der Waals surface area contributed by atoms with Crippen molar-refractivity contribution >= 4 is 28.7 Å². The zero-order valence-electron chi connectivity index (χ0n) is 12.9. The second-order valence-corrected chi connectivity index (χ2v) is 5.55. The molecule has 0 aliphatic heterocycles. The Hall–Kier alpha value is -2.86. The van der Waals surface area contributed by atoms with Crippen LogP contribution in [0.2, 0.25) is 0 Å². The van der Waals surface area contributed by atoms with Crippen molar-refractivity contribution < 1.29 is 18.7 Å². The molecule has 0 N–H and O–H groups in total. The highest BCUT2D eigenvalue weighted by atomic mass is 35.5. The predicted octanol–water partition coefficient (Wildman–Crippen LogP) is 3.05. The summed E-state index contributed by atoms with van der Waals surface area (Å²) < 4.78 is 11.0. The van der Waals surface area contributed by atoms with Gasteiger partial charge in [0.1, 0.15) is 16.6 Å².